The van der Waals surface area contributed by atoms with Crippen molar-refractivity contribution < 1.29 is 4.57 Å². The molecule has 1 aromatic rings. The fourth-order valence-electron chi connectivity index (χ4n) is 3.05. The zero-order chi connectivity index (χ0) is 17.8. The van der Waals surface area contributed by atoms with Crippen LogP contribution >= 0.6 is 11.8 Å². The van der Waals surface area contributed by atoms with Gasteiger partial charge in [-0.15, -0.1) is 11.8 Å². The zero-order valence-corrected chi connectivity index (χ0v) is 17.3. The SMILES string of the molecule is CCCCCCCCCCCCCCC=CSCC[n+]1ccccc1. The predicted octanol–water partition coefficient (Wildman–Crippen LogP) is 7.31. The van der Waals surface area contributed by atoms with Crippen molar-refractivity contribution in [2.45, 2.75) is 96.9 Å². The maximum Gasteiger partial charge on any atom is 0.168 e. The lowest BCUT2D eigenvalue weighted by atomic mass is 10.0. The molecule has 1 aromatic heterocycles. The van der Waals surface area contributed by atoms with Crippen LogP contribution in [0.1, 0.15) is 90.4 Å². The molecule has 1 nitrogen and oxygen atoms in total. The Hall–Kier alpha value is -0.760. The number of rotatable bonds is 17. The number of hydrogen-bond donors (Lipinski definition) is 0. The summed E-state index contributed by atoms with van der Waals surface area (Å²) < 4.78 is 2.24. The van der Waals surface area contributed by atoms with Crippen LogP contribution in [-0.4, -0.2) is 5.75 Å². The summed E-state index contributed by atoms with van der Waals surface area (Å²) in [6.07, 6.45) is 25.1. The molecule has 0 unspecified atom stereocenters. The summed E-state index contributed by atoms with van der Waals surface area (Å²) >= 11 is 1.93. The maximum atomic E-state index is 2.36. The average molecular weight is 363 g/mol. The van der Waals surface area contributed by atoms with Crippen molar-refractivity contribution in [3.8, 4) is 0 Å². The van der Waals surface area contributed by atoms with Crippen LogP contribution in [0.5, 0.6) is 0 Å². The second kappa shape index (κ2) is 18.0. The van der Waals surface area contributed by atoms with E-state index in [0.717, 1.165) is 12.3 Å². The fourth-order valence-corrected chi connectivity index (χ4v) is 3.77. The first kappa shape index (κ1) is 22.3. The van der Waals surface area contributed by atoms with Crippen molar-refractivity contribution in [1.29, 1.82) is 0 Å². The van der Waals surface area contributed by atoms with E-state index in [-0.39, 0.29) is 0 Å². The molecule has 25 heavy (non-hydrogen) atoms. The molecular formula is C23H40NS+. The second-order valence-electron chi connectivity index (χ2n) is 7.03. The first-order valence-electron chi connectivity index (χ1n) is 10.6. The first-order valence-corrected chi connectivity index (χ1v) is 11.7. The third-order valence-electron chi connectivity index (χ3n) is 4.66. The van der Waals surface area contributed by atoms with E-state index in [0.29, 0.717) is 0 Å². The van der Waals surface area contributed by atoms with E-state index in [4.69, 9.17) is 0 Å². The molecular weight excluding hydrogens is 322 g/mol. The Morgan fingerprint density at radius 1 is 0.720 bits per heavy atom. The number of hydrogen-bond acceptors (Lipinski definition) is 1. The van der Waals surface area contributed by atoms with Gasteiger partial charge in [0.2, 0.25) is 0 Å². The Labute approximate surface area is 161 Å². The van der Waals surface area contributed by atoms with Gasteiger partial charge in [-0.05, 0) is 18.2 Å². The number of aromatic nitrogens is 1. The van der Waals surface area contributed by atoms with E-state index in [2.05, 4.69) is 53.6 Å². The highest BCUT2D eigenvalue weighted by molar-refractivity contribution is 8.02. The van der Waals surface area contributed by atoms with Gasteiger partial charge in [-0.25, -0.2) is 4.57 Å². The Morgan fingerprint density at radius 2 is 1.28 bits per heavy atom. The summed E-state index contributed by atoms with van der Waals surface area (Å²) in [6.45, 7) is 3.38. The molecule has 2 heteroatoms. The molecule has 0 atom stereocenters. The van der Waals surface area contributed by atoms with Gasteiger partial charge in [-0.3, -0.25) is 0 Å². The van der Waals surface area contributed by atoms with Crippen LogP contribution in [-0.2, 0) is 6.54 Å². The minimum Gasteiger partial charge on any atom is -0.204 e. The highest BCUT2D eigenvalue weighted by atomic mass is 32.2. The summed E-state index contributed by atoms with van der Waals surface area (Å²) in [5, 5.41) is 2.29. The van der Waals surface area contributed by atoms with Gasteiger partial charge >= 0.3 is 0 Å². The zero-order valence-electron chi connectivity index (χ0n) is 16.5. The predicted molar refractivity (Wildman–Crippen MR) is 114 cm³/mol. The highest BCUT2D eigenvalue weighted by Crippen LogP contribution is 2.13. The molecule has 1 rings (SSSR count). The quantitative estimate of drug-likeness (QED) is 0.207. The summed E-state index contributed by atoms with van der Waals surface area (Å²) in [4.78, 5) is 0. The molecule has 0 saturated carbocycles. The number of unbranched alkanes of at least 4 members (excludes halogenated alkanes) is 12. The lowest BCUT2D eigenvalue weighted by Gasteiger charge is -2.02. The third-order valence-corrected chi connectivity index (χ3v) is 5.46. The Morgan fingerprint density at radius 3 is 1.88 bits per heavy atom. The molecule has 142 valence electrons. The van der Waals surface area contributed by atoms with E-state index < -0.39 is 0 Å². The van der Waals surface area contributed by atoms with Gasteiger partial charge in [0.15, 0.2) is 18.9 Å². The summed E-state index contributed by atoms with van der Waals surface area (Å²) in [7, 11) is 0. The number of aryl methyl sites for hydroxylation is 1. The standard InChI is InChI=1S/C23H40NS/c1-2-3-4-5-6-7-8-9-10-11-12-13-14-18-22-25-23-21-24-19-16-15-17-20-24/h15-20,22H,2-14,21,23H2,1H3/q+1. The van der Waals surface area contributed by atoms with Crippen LogP contribution in [0.2, 0.25) is 0 Å². The topological polar surface area (TPSA) is 3.88 Å². The smallest absolute Gasteiger partial charge is 0.168 e. The molecule has 0 aliphatic rings. The van der Waals surface area contributed by atoms with Gasteiger partial charge < -0.3 is 0 Å². The molecule has 0 spiro atoms. The molecule has 1 heterocycles. The molecule has 0 fully saturated rings. The molecule has 0 N–H and O–H groups in total. The van der Waals surface area contributed by atoms with Crippen LogP contribution in [0.15, 0.2) is 42.1 Å². The Bertz CT molecular complexity index is 402. The maximum absolute atomic E-state index is 2.36. The average Bonchev–Trinajstić information content (AvgIpc) is 2.65. The van der Waals surface area contributed by atoms with E-state index in [9.17, 15) is 0 Å². The minimum atomic E-state index is 1.09. The van der Waals surface area contributed by atoms with Crippen molar-refractivity contribution in [3.63, 3.8) is 0 Å². The fraction of sp³-hybridized carbons (Fsp3) is 0.696. The van der Waals surface area contributed by atoms with E-state index >= 15 is 0 Å². The van der Waals surface area contributed by atoms with Gasteiger partial charge in [-0.2, -0.15) is 0 Å². The van der Waals surface area contributed by atoms with E-state index in [1.807, 2.05) is 11.8 Å². The molecule has 0 bridgehead atoms. The van der Waals surface area contributed by atoms with E-state index in [1.54, 1.807) is 0 Å². The van der Waals surface area contributed by atoms with Gasteiger partial charge in [0.05, 0.1) is 5.75 Å². The number of thioether (sulfide) groups is 1. The van der Waals surface area contributed by atoms with Crippen molar-refractivity contribution in [2.75, 3.05) is 5.75 Å². The molecule has 0 radical (unpaired) electrons. The Balaban J connectivity index is 1.75. The highest BCUT2D eigenvalue weighted by Gasteiger charge is 1.96. The van der Waals surface area contributed by atoms with Gasteiger partial charge in [0.1, 0.15) is 0 Å². The number of pyridine rings is 1. The van der Waals surface area contributed by atoms with Crippen LogP contribution in [0.25, 0.3) is 0 Å². The molecule has 0 aliphatic heterocycles. The number of allylic oxidation sites excluding steroid dienone is 1. The normalized spacial score (nSPS) is 11.4. The summed E-state index contributed by atoms with van der Waals surface area (Å²) in [6, 6.07) is 6.25. The van der Waals surface area contributed by atoms with Crippen LogP contribution in [0.3, 0.4) is 0 Å². The van der Waals surface area contributed by atoms with Gasteiger partial charge in [0.25, 0.3) is 0 Å². The minimum absolute atomic E-state index is 1.09. The van der Waals surface area contributed by atoms with Crippen molar-refractivity contribution in [3.05, 3.63) is 42.1 Å². The second-order valence-corrected chi connectivity index (χ2v) is 8.05. The van der Waals surface area contributed by atoms with Crippen LogP contribution in [0.4, 0.5) is 0 Å². The van der Waals surface area contributed by atoms with Crippen LogP contribution in [0, 0.1) is 0 Å². The van der Waals surface area contributed by atoms with Crippen molar-refractivity contribution in [2.24, 2.45) is 0 Å². The summed E-state index contributed by atoms with van der Waals surface area (Å²) in [5.41, 5.74) is 0. The number of nitrogens with zero attached hydrogens (tertiary/aromatic N) is 1. The first-order chi connectivity index (χ1) is 12.4. The lowest BCUT2D eigenvalue weighted by molar-refractivity contribution is -0.692. The van der Waals surface area contributed by atoms with Crippen LogP contribution < -0.4 is 4.57 Å². The summed E-state index contributed by atoms with van der Waals surface area (Å²) in [5.74, 6) is 1.16. The monoisotopic (exact) mass is 362 g/mol. The van der Waals surface area contributed by atoms with Gasteiger partial charge in [0, 0.05) is 12.1 Å². The van der Waals surface area contributed by atoms with Crippen molar-refractivity contribution in [1.82, 2.24) is 0 Å². The van der Waals surface area contributed by atoms with E-state index in [1.165, 1.54) is 83.5 Å². The largest absolute Gasteiger partial charge is 0.204 e. The third kappa shape index (κ3) is 15.2. The van der Waals surface area contributed by atoms with Gasteiger partial charge in [-0.1, -0.05) is 89.7 Å². The molecule has 0 aliphatic carbocycles. The molecule has 0 saturated heterocycles. The van der Waals surface area contributed by atoms with Crippen molar-refractivity contribution >= 4 is 11.8 Å². The lowest BCUT2D eigenvalue weighted by Crippen LogP contribution is -2.33. The molecule has 0 amide bonds. The Kier molecular flexibility index (Phi) is 16.1. The molecule has 0 aromatic carbocycles.